The Kier molecular flexibility index (Phi) is 5.15. The number of nitrogens with one attached hydrogen (secondary N) is 1. The van der Waals surface area contributed by atoms with Gasteiger partial charge in [-0.1, -0.05) is 23.9 Å². The van der Waals surface area contributed by atoms with Crippen molar-refractivity contribution in [1.29, 1.82) is 0 Å². The molecule has 3 aromatic heterocycles. The van der Waals surface area contributed by atoms with E-state index in [-0.39, 0.29) is 5.91 Å². The number of fused-ring (bicyclic) bond motifs is 1. The van der Waals surface area contributed by atoms with Gasteiger partial charge in [-0.15, -0.1) is 21.5 Å². The van der Waals surface area contributed by atoms with E-state index in [0.29, 0.717) is 28.5 Å². The number of amides is 1. The first kappa shape index (κ1) is 20.0. The first-order chi connectivity index (χ1) is 15.0. The van der Waals surface area contributed by atoms with Gasteiger partial charge >= 0.3 is 0 Å². The van der Waals surface area contributed by atoms with Crippen LogP contribution in [0.1, 0.15) is 24.0 Å². The molecule has 1 saturated carbocycles. The van der Waals surface area contributed by atoms with E-state index >= 15 is 0 Å². The molecule has 1 aromatic carbocycles. The number of nitrogens with zero attached hydrogens (tertiary/aromatic N) is 4. The number of carbonyl (C=O) groups is 1. The van der Waals surface area contributed by atoms with Crippen LogP contribution in [0, 0.1) is 13.8 Å². The van der Waals surface area contributed by atoms with Crippen LogP contribution in [0.5, 0.6) is 0 Å². The average Bonchev–Trinajstić information content (AvgIpc) is 3.38. The average molecular weight is 451 g/mol. The lowest BCUT2D eigenvalue weighted by molar-refractivity contribution is -0.118. The summed E-state index contributed by atoms with van der Waals surface area (Å²) in [5.74, 6) is 0.984. The summed E-state index contributed by atoms with van der Waals surface area (Å²) in [5, 5.41) is 13.6. The van der Waals surface area contributed by atoms with Crippen LogP contribution < -0.4 is 11.1 Å². The molecule has 1 aliphatic carbocycles. The van der Waals surface area contributed by atoms with E-state index < -0.39 is 0 Å². The number of carbonyl (C=O) groups excluding carboxylic acids is 1. The first-order valence-electron chi connectivity index (χ1n) is 10.1. The minimum atomic E-state index is 0.0233. The Labute approximate surface area is 188 Å². The fourth-order valence-electron chi connectivity index (χ4n) is 3.45. The first-order valence-corrected chi connectivity index (χ1v) is 11.9. The van der Waals surface area contributed by atoms with Gasteiger partial charge in [0, 0.05) is 17.6 Å². The van der Waals surface area contributed by atoms with Gasteiger partial charge in [-0.3, -0.25) is 9.36 Å². The van der Waals surface area contributed by atoms with Crippen molar-refractivity contribution in [1.82, 2.24) is 25.1 Å². The lowest BCUT2D eigenvalue weighted by Gasteiger charge is -2.14. The summed E-state index contributed by atoms with van der Waals surface area (Å²) in [6.45, 7) is 4.16. The van der Waals surface area contributed by atoms with E-state index in [4.69, 9.17) is 5.73 Å². The van der Waals surface area contributed by atoms with Crippen LogP contribution in [0.3, 0.4) is 0 Å². The third-order valence-corrected chi connectivity index (χ3v) is 7.49. The molecule has 0 bridgehead atoms. The lowest BCUT2D eigenvalue weighted by atomic mass is 10.1. The number of aryl methyl sites for hydroxylation is 1. The molecule has 9 heteroatoms. The van der Waals surface area contributed by atoms with Crippen LogP contribution in [0.15, 0.2) is 41.7 Å². The van der Waals surface area contributed by atoms with Crippen molar-refractivity contribution in [3.05, 3.63) is 47.7 Å². The fourth-order valence-corrected chi connectivity index (χ4v) is 5.24. The number of aromatic nitrogens is 4. The van der Waals surface area contributed by atoms with Crippen molar-refractivity contribution in [2.24, 2.45) is 0 Å². The number of rotatable bonds is 6. The molecule has 5 rings (SSSR count). The van der Waals surface area contributed by atoms with Crippen LogP contribution in [0.25, 0.3) is 26.6 Å². The van der Waals surface area contributed by atoms with E-state index in [0.717, 1.165) is 39.2 Å². The molecule has 0 aliphatic heterocycles. The van der Waals surface area contributed by atoms with Gasteiger partial charge in [-0.25, -0.2) is 4.98 Å². The Balaban J connectivity index is 1.60. The quantitative estimate of drug-likeness (QED) is 0.429. The molecule has 1 aliphatic rings. The SMILES string of the molecule is Cc1cccc(-n2c(SCC(=O)NC3CC3)nnc2-c2sc3ncccc3c2N)c1C. The molecule has 0 atom stereocenters. The Morgan fingerprint density at radius 1 is 1.26 bits per heavy atom. The van der Waals surface area contributed by atoms with E-state index in [9.17, 15) is 4.79 Å². The Morgan fingerprint density at radius 2 is 2.10 bits per heavy atom. The number of hydrogen-bond acceptors (Lipinski definition) is 7. The van der Waals surface area contributed by atoms with Crippen LogP contribution in [-0.4, -0.2) is 37.5 Å². The normalized spacial score (nSPS) is 13.6. The maximum absolute atomic E-state index is 12.3. The predicted octanol–water partition coefficient (Wildman–Crippen LogP) is 4.11. The largest absolute Gasteiger partial charge is 0.397 e. The van der Waals surface area contributed by atoms with Gasteiger partial charge in [0.15, 0.2) is 11.0 Å². The Bertz CT molecular complexity index is 1290. The molecule has 1 amide bonds. The van der Waals surface area contributed by atoms with E-state index in [2.05, 4.69) is 40.4 Å². The second-order valence-electron chi connectivity index (χ2n) is 7.69. The van der Waals surface area contributed by atoms with Crippen molar-refractivity contribution >= 4 is 44.9 Å². The van der Waals surface area contributed by atoms with Gasteiger partial charge in [0.25, 0.3) is 0 Å². The molecule has 4 aromatic rings. The Hall–Kier alpha value is -2.91. The molecule has 0 saturated heterocycles. The number of pyridine rings is 1. The molecule has 1 fully saturated rings. The molecule has 7 nitrogen and oxygen atoms in total. The molecule has 31 heavy (non-hydrogen) atoms. The molecule has 3 heterocycles. The number of thioether (sulfide) groups is 1. The van der Waals surface area contributed by atoms with Gasteiger partial charge in [-0.2, -0.15) is 0 Å². The minimum absolute atomic E-state index is 0.0233. The standard InChI is InChI=1S/C22H22N6OS2/c1-12-5-3-7-16(13(12)2)28-20(19-18(23)15-6-4-10-24-21(15)31-19)26-27-22(28)30-11-17(29)25-14-8-9-14/h3-7,10,14H,8-9,11,23H2,1-2H3,(H,25,29). The third-order valence-electron chi connectivity index (χ3n) is 5.43. The number of benzene rings is 1. The van der Waals surface area contributed by atoms with Gasteiger partial charge < -0.3 is 11.1 Å². The molecule has 0 spiro atoms. The van der Waals surface area contributed by atoms with Gasteiger partial charge in [-0.05, 0) is 56.0 Å². The summed E-state index contributed by atoms with van der Waals surface area (Å²) in [5.41, 5.74) is 10.4. The van der Waals surface area contributed by atoms with Crippen molar-refractivity contribution in [2.45, 2.75) is 37.9 Å². The minimum Gasteiger partial charge on any atom is -0.397 e. The van der Waals surface area contributed by atoms with Gasteiger partial charge in [0.05, 0.1) is 22.0 Å². The van der Waals surface area contributed by atoms with Crippen molar-refractivity contribution in [3.8, 4) is 16.4 Å². The Morgan fingerprint density at radius 3 is 2.87 bits per heavy atom. The molecule has 0 radical (unpaired) electrons. The predicted molar refractivity (Wildman–Crippen MR) is 126 cm³/mol. The second kappa shape index (κ2) is 7.97. The lowest BCUT2D eigenvalue weighted by Crippen LogP contribution is -2.27. The number of nitrogens with two attached hydrogens (primary N) is 1. The van der Waals surface area contributed by atoms with E-state index in [1.165, 1.54) is 28.7 Å². The summed E-state index contributed by atoms with van der Waals surface area (Å²) >= 11 is 2.89. The zero-order chi connectivity index (χ0) is 21.5. The summed E-state index contributed by atoms with van der Waals surface area (Å²) in [6, 6.07) is 10.3. The van der Waals surface area contributed by atoms with Crippen LogP contribution >= 0.6 is 23.1 Å². The topological polar surface area (TPSA) is 98.7 Å². The van der Waals surface area contributed by atoms with Crippen LogP contribution in [0.4, 0.5) is 5.69 Å². The third kappa shape index (κ3) is 3.79. The van der Waals surface area contributed by atoms with Crippen molar-refractivity contribution in [3.63, 3.8) is 0 Å². The van der Waals surface area contributed by atoms with Crippen LogP contribution in [-0.2, 0) is 4.79 Å². The monoisotopic (exact) mass is 450 g/mol. The maximum Gasteiger partial charge on any atom is 0.230 e. The van der Waals surface area contributed by atoms with Crippen LogP contribution in [0.2, 0.25) is 0 Å². The van der Waals surface area contributed by atoms with E-state index in [1.807, 2.05) is 28.8 Å². The summed E-state index contributed by atoms with van der Waals surface area (Å²) < 4.78 is 2.01. The van der Waals surface area contributed by atoms with Gasteiger partial charge in [0.1, 0.15) is 4.83 Å². The number of hydrogen-bond donors (Lipinski definition) is 2. The highest BCUT2D eigenvalue weighted by molar-refractivity contribution is 7.99. The van der Waals surface area contributed by atoms with E-state index in [1.54, 1.807) is 6.20 Å². The van der Waals surface area contributed by atoms with Crippen molar-refractivity contribution in [2.75, 3.05) is 11.5 Å². The zero-order valence-corrected chi connectivity index (χ0v) is 18.9. The highest BCUT2D eigenvalue weighted by Crippen LogP contribution is 2.41. The molecular formula is C22H22N6OS2. The smallest absolute Gasteiger partial charge is 0.230 e. The van der Waals surface area contributed by atoms with Gasteiger partial charge in [0.2, 0.25) is 5.91 Å². The highest BCUT2D eigenvalue weighted by Gasteiger charge is 2.25. The zero-order valence-electron chi connectivity index (χ0n) is 17.3. The molecule has 158 valence electrons. The molecule has 0 unspecified atom stereocenters. The highest BCUT2D eigenvalue weighted by atomic mass is 32.2. The number of thiophene rings is 1. The maximum atomic E-state index is 12.3. The van der Waals surface area contributed by atoms with Crippen molar-refractivity contribution < 1.29 is 4.79 Å². The number of nitrogen functional groups attached to an aromatic ring is 1. The summed E-state index contributed by atoms with van der Waals surface area (Å²) in [7, 11) is 0. The fraction of sp³-hybridized carbons (Fsp3) is 0.273. The number of anilines is 1. The summed E-state index contributed by atoms with van der Waals surface area (Å²) in [6.07, 6.45) is 3.90. The second-order valence-corrected chi connectivity index (χ2v) is 9.63. The molecular weight excluding hydrogens is 428 g/mol. The summed E-state index contributed by atoms with van der Waals surface area (Å²) in [4.78, 5) is 18.4. The molecule has 3 N–H and O–H groups in total.